The van der Waals surface area contributed by atoms with Gasteiger partial charge in [0.25, 0.3) is 0 Å². The molecule has 0 aliphatic carbocycles. The zero-order chi connectivity index (χ0) is 46.8. The average molecular weight is 905 g/mol. The predicted octanol–water partition coefficient (Wildman–Crippen LogP) is 20.6. The Hall–Kier alpha value is -9.10. The van der Waals surface area contributed by atoms with E-state index in [-0.39, 0.29) is 0 Å². The molecule has 0 aromatic heterocycles. The van der Waals surface area contributed by atoms with Crippen LogP contribution in [0.3, 0.4) is 0 Å². The summed E-state index contributed by atoms with van der Waals surface area (Å²) in [7, 11) is 0. The van der Waals surface area contributed by atoms with Gasteiger partial charge < -0.3 is 0 Å². The lowest BCUT2D eigenvalue weighted by Gasteiger charge is -2.16. The van der Waals surface area contributed by atoms with Crippen LogP contribution in [-0.4, -0.2) is 0 Å². The number of aryl methyl sites for hydroxylation is 2. The van der Waals surface area contributed by atoms with E-state index in [1.807, 2.05) is 0 Å². The molecule has 0 aliphatic heterocycles. The van der Waals surface area contributed by atoms with Crippen molar-refractivity contribution in [2.24, 2.45) is 0 Å². The second-order valence-corrected chi connectivity index (χ2v) is 20.9. The van der Waals surface area contributed by atoms with E-state index in [2.05, 4.69) is 220 Å². The molecule has 72 heavy (non-hydrogen) atoms. The van der Waals surface area contributed by atoms with Crippen LogP contribution in [0.1, 0.15) is 11.1 Å². The van der Waals surface area contributed by atoms with Gasteiger partial charge in [0.1, 0.15) is 0 Å². The molecular formula is C72H40. The van der Waals surface area contributed by atoms with Gasteiger partial charge in [-0.15, -0.1) is 0 Å². The van der Waals surface area contributed by atoms with Crippen molar-refractivity contribution in [3.63, 3.8) is 0 Å². The van der Waals surface area contributed by atoms with Crippen LogP contribution < -0.4 is 0 Å². The van der Waals surface area contributed by atoms with Crippen molar-refractivity contribution in [2.45, 2.75) is 13.8 Å². The molecule has 0 radical (unpaired) electrons. The van der Waals surface area contributed by atoms with Crippen molar-refractivity contribution in [1.82, 2.24) is 0 Å². The van der Waals surface area contributed by atoms with Crippen molar-refractivity contribution < 1.29 is 0 Å². The Bertz CT molecular complexity index is 5330. The third-order valence-electron chi connectivity index (χ3n) is 17.6. The van der Waals surface area contributed by atoms with Crippen molar-refractivity contribution in [3.05, 3.63) is 217 Å². The van der Waals surface area contributed by atoms with Crippen LogP contribution in [-0.2, 0) is 0 Å². The number of hydrogen-bond donors (Lipinski definition) is 0. The minimum absolute atomic E-state index is 1.26. The fourth-order valence-electron chi connectivity index (χ4n) is 15.0. The van der Waals surface area contributed by atoms with Gasteiger partial charge in [0.05, 0.1) is 0 Å². The minimum Gasteiger partial charge on any atom is -0.0622 e. The topological polar surface area (TPSA) is 0 Å². The molecule has 0 amide bonds. The van der Waals surface area contributed by atoms with Gasteiger partial charge in [-0.1, -0.05) is 194 Å². The van der Waals surface area contributed by atoms with Gasteiger partial charge in [0, 0.05) is 0 Å². The molecule has 18 rings (SSSR count). The summed E-state index contributed by atoms with van der Waals surface area (Å²) in [6, 6.07) is 79.2. The van der Waals surface area contributed by atoms with E-state index in [0.717, 1.165) is 0 Å². The van der Waals surface area contributed by atoms with Gasteiger partial charge in [-0.2, -0.15) is 0 Å². The SMILES string of the molecule is Cc1cccc(C)c1-c1cc2c(-c3ccccc3)c3c4ccc5c6ccc7c8c(ccc(c9ccc(c4c59)c3c3c4ccccc4c(c1)c23)c68)c1c(-c2ccccc2)c2cccc3c4ccccc4c(c23)c71. The van der Waals surface area contributed by atoms with E-state index in [1.165, 1.54) is 195 Å². The van der Waals surface area contributed by atoms with Gasteiger partial charge >= 0.3 is 0 Å². The molecule has 328 valence electrons. The highest BCUT2D eigenvalue weighted by atomic mass is 14.3. The van der Waals surface area contributed by atoms with Crippen LogP contribution in [0.5, 0.6) is 0 Å². The van der Waals surface area contributed by atoms with Crippen LogP contribution in [0.25, 0.3) is 184 Å². The Kier molecular flexibility index (Phi) is 6.82. The summed E-state index contributed by atoms with van der Waals surface area (Å²) in [6.45, 7) is 4.53. The molecule has 0 bridgehead atoms. The van der Waals surface area contributed by atoms with Gasteiger partial charge in [-0.05, 0) is 221 Å². The van der Waals surface area contributed by atoms with Crippen molar-refractivity contribution >= 4 is 151 Å². The number of fused-ring (bicyclic) bond motifs is 16. The first-order valence-electron chi connectivity index (χ1n) is 25.5. The summed E-state index contributed by atoms with van der Waals surface area (Å²) in [4.78, 5) is 0. The Morgan fingerprint density at radius 2 is 0.472 bits per heavy atom. The zero-order valence-corrected chi connectivity index (χ0v) is 39.6. The van der Waals surface area contributed by atoms with E-state index in [9.17, 15) is 0 Å². The quantitative estimate of drug-likeness (QED) is 0.122. The Balaban J connectivity index is 1.04. The first-order chi connectivity index (χ1) is 35.6. The van der Waals surface area contributed by atoms with E-state index in [0.29, 0.717) is 0 Å². The highest BCUT2D eigenvalue weighted by Gasteiger charge is 2.30. The fraction of sp³-hybridized carbons (Fsp3) is 0.0278. The lowest BCUT2D eigenvalue weighted by Crippen LogP contribution is -1.90. The van der Waals surface area contributed by atoms with Gasteiger partial charge in [-0.3, -0.25) is 0 Å². The highest BCUT2D eigenvalue weighted by Crippen LogP contribution is 2.58. The summed E-state index contributed by atoms with van der Waals surface area (Å²) in [5.41, 5.74) is 10.4. The molecule has 0 spiro atoms. The molecule has 0 unspecified atom stereocenters. The Labute approximate surface area is 413 Å². The monoisotopic (exact) mass is 904 g/mol. The summed E-state index contributed by atoms with van der Waals surface area (Å²) in [5, 5.41) is 37.9. The summed E-state index contributed by atoms with van der Waals surface area (Å²) in [5.74, 6) is 0. The lowest BCUT2D eigenvalue weighted by atomic mass is 9.87. The second-order valence-electron chi connectivity index (χ2n) is 20.9. The zero-order valence-electron chi connectivity index (χ0n) is 39.6. The van der Waals surface area contributed by atoms with Crippen LogP contribution in [0.2, 0.25) is 0 Å². The van der Waals surface area contributed by atoms with Crippen molar-refractivity contribution in [1.29, 1.82) is 0 Å². The Morgan fingerprint density at radius 1 is 0.167 bits per heavy atom. The maximum absolute atomic E-state index is 2.53. The second kappa shape index (κ2) is 13.0. The standard InChI is InChI=1S/C72H40/c1-37-15-13-16-38(2)58(37)41-35-56-43-22-10-12-24-46(43)68-66(56)57(36-41)60(40-19-7-4-8-20-40)70-53-32-28-48-49-29-33-54-64-52(31-27-47(61(49)64)50-30-34-55(72(68)70)65(53)62(48)50)69-59(39-17-5-3-6-18-39)51-26-14-25-44-42-21-9-11-23-45(42)67(63(44)51)71(54)69/h3-36H,1-2H3. The number of benzene rings is 14. The predicted molar refractivity (Wildman–Crippen MR) is 313 cm³/mol. The van der Waals surface area contributed by atoms with Crippen LogP contribution in [0, 0.1) is 13.8 Å². The molecule has 0 aliphatic rings. The third-order valence-corrected chi connectivity index (χ3v) is 17.6. The van der Waals surface area contributed by atoms with Crippen molar-refractivity contribution in [3.8, 4) is 33.4 Å². The number of rotatable bonds is 3. The molecule has 0 heterocycles. The smallest absolute Gasteiger partial charge is 0.000696 e. The maximum Gasteiger partial charge on any atom is -0.000696 e. The van der Waals surface area contributed by atoms with E-state index >= 15 is 0 Å². The van der Waals surface area contributed by atoms with E-state index in [1.54, 1.807) is 0 Å². The Morgan fingerprint density at radius 3 is 1.00 bits per heavy atom. The molecule has 0 fully saturated rings. The molecular weight excluding hydrogens is 865 g/mol. The normalized spacial score (nSPS) is 12.9. The molecule has 0 saturated heterocycles. The highest BCUT2D eigenvalue weighted by molar-refractivity contribution is 6.54. The first kappa shape index (κ1) is 37.8. The molecule has 18 aromatic rings. The van der Waals surface area contributed by atoms with E-state index < -0.39 is 0 Å². The minimum atomic E-state index is 1.26. The largest absolute Gasteiger partial charge is 0.0622 e. The van der Waals surface area contributed by atoms with Gasteiger partial charge in [-0.25, -0.2) is 0 Å². The molecule has 18 aromatic carbocycles. The average Bonchev–Trinajstić information content (AvgIpc) is 4.16. The molecule has 0 atom stereocenters. The van der Waals surface area contributed by atoms with Crippen LogP contribution in [0.4, 0.5) is 0 Å². The summed E-state index contributed by atoms with van der Waals surface area (Å²) >= 11 is 0. The van der Waals surface area contributed by atoms with Crippen molar-refractivity contribution in [2.75, 3.05) is 0 Å². The maximum atomic E-state index is 2.53. The molecule has 0 N–H and O–H groups in total. The van der Waals surface area contributed by atoms with E-state index in [4.69, 9.17) is 0 Å². The van der Waals surface area contributed by atoms with Gasteiger partial charge in [0.2, 0.25) is 0 Å². The van der Waals surface area contributed by atoms with Gasteiger partial charge in [0.15, 0.2) is 0 Å². The van der Waals surface area contributed by atoms with Crippen LogP contribution >= 0.6 is 0 Å². The van der Waals surface area contributed by atoms with Crippen LogP contribution in [0.15, 0.2) is 206 Å². The third kappa shape index (κ3) is 4.32. The molecule has 0 saturated carbocycles. The lowest BCUT2D eigenvalue weighted by molar-refractivity contribution is 1.38. The summed E-state index contributed by atoms with van der Waals surface area (Å²) < 4.78 is 0. The molecule has 0 nitrogen and oxygen atoms in total. The number of hydrogen-bond acceptors (Lipinski definition) is 0. The fourth-order valence-corrected chi connectivity index (χ4v) is 15.0. The first-order valence-corrected chi connectivity index (χ1v) is 25.5. The molecule has 0 heteroatoms. The summed E-state index contributed by atoms with van der Waals surface area (Å²) in [6.07, 6.45) is 0.